The summed E-state index contributed by atoms with van der Waals surface area (Å²) in [5.41, 5.74) is 3.52. The monoisotopic (exact) mass is 471 g/mol. The predicted molar refractivity (Wildman–Crippen MR) is 134 cm³/mol. The average Bonchev–Trinajstić information content (AvgIpc) is 3.32. The van der Waals surface area contributed by atoms with Gasteiger partial charge in [-0.25, -0.2) is 0 Å². The maximum absolute atomic E-state index is 13.1. The standard InChI is InChI=1S/C25H25N7O3/c33-25(24-20-17-19(32(34)35)5-6-21(20)28-29-24)27-22-3-1-2-4-23(22)31-15-13-30(14-16-31)12-9-18-7-10-26-11-8-18/h1-8,10-11,17H,9,12-16H2,(H,27,33)(H,28,29). The third kappa shape index (κ3) is 4.97. The van der Waals surface area contributed by atoms with Gasteiger partial charge in [-0.3, -0.25) is 29.9 Å². The molecule has 0 saturated carbocycles. The molecule has 2 N–H and O–H groups in total. The number of nitrogens with zero attached hydrogens (tertiary/aromatic N) is 5. The van der Waals surface area contributed by atoms with Crippen LogP contribution < -0.4 is 10.2 Å². The lowest BCUT2D eigenvalue weighted by Crippen LogP contribution is -2.47. The van der Waals surface area contributed by atoms with E-state index >= 15 is 0 Å². The van der Waals surface area contributed by atoms with Gasteiger partial charge in [-0.2, -0.15) is 5.10 Å². The molecule has 0 bridgehead atoms. The molecular formula is C25H25N7O3. The van der Waals surface area contributed by atoms with Gasteiger partial charge in [0.2, 0.25) is 0 Å². The van der Waals surface area contributed by atoms with Gasteiger partial charge in [0.05, 0.1) is 21.8 Å². The number of fused-ring (bicyclic) bond motifs is 1. The van der Waals surface area contributed by atoms with Crippen molar-refractivity contribution in [2.75, 3.05) is 42.9 Å². The molecule has 10 nitrogen and oxygen atoms in total. The van der Waals surface area contributed by atoms with E-state index in [-0.39, 0.29) is 11.4 Å². The molecular weight excluding hydrogens is 446 g/mol. The van der Waals surface area contributed by atoms with Gasteiger partial charge in [0.15, 0.2) is 5.69 Å². The zero-order valence-electron chi connectivity index (χ0n) is 19.1. The Labute approximate surface area is 201 Å². The number of aromatic nitrogens is 3. The Balaban J connectivity index is 1.26. The lowest BCUT2D eigenvalue weighted by atomic mass is 10.1. The SMILES string of the molecule is O=C(Nc1ccccc1N1CCN(CCc2ccncc2)CC1)c1n[nH]c2ccc([N+](=O)[O-])cc12. The summed E-state index contributed by atoms with van der Waals surface area (Å²) in [6, 6.07) is 16.1. The first-order valence-electron chi connectivity index (χ1n) is 11.5. The van der Waals surface area contributed by atoms with Gasteiger partial charge in [-0.05, 0) is 42.3 Å². The zero-order valence-corrected chi connectivity index (χ0v) is 19.1. The largest absolute Gasteiger partial charge is 0.367 e. The average molecular weight is 472 g/mol. The molecule has 5 rings (SSSR count). The Morgan fingerprint density at radius 3 is 2.60 bits per heavy atom. The van der Waals surface area contributed by atoms with Crippen molar-refractivity contribution in [2.45, 2.75) is 6.42 Å². The fourth-order valence-corrected chi connectivity index (χ4v) is 4.37. The Hall–Kier alpha value is -4.31. The van der Waals surface area contributed by atoms with E-state index in [4.69, 9.17) is 0 Å². The first kappa shape index (κ1) is 22.5. The molecule has 35 heavy (non-hydrogen) atoms. The Morgan fingerprint density at radius 2 is 1.83 bits per heavy atom. The van der Waals surface area contributed by atoms with Gasteiger partial charge in [0.25, 0.3) is 11.6 Å². The van der Waals surface area contributed by atoms with Gasteiger partial charge in [0.1, 0.15) is 0 Å². The number of non-ortho nitro benzene ring substituents is 1. The number of amides is 1. The molecule has 3 heterocycles. The van der Waals surface area contributed by atoms with Crippen molar-refractivity contribution in [3.05, 3.63) is 88.4 Å². The molecule has 0 radical (unpaired) electrons. The molecule has 0 aliphatic carbocycles. The van der Waals surface area contributed by atoms with Crippen molar-refractivity contribution >= 4 is 33.9 Å². The van der Waals surface area contributed by atoms with Crippen molar-refractivity contribution in [2.24, 2.45) is 0 Å². The van der Waals surface area contributed by atoms with Crippen LogP contribution in [0.1, 0.15) is 16.1 Å². The Bertz CT molecular complexity index is 1350. The summed E-state index contributed by atoms with van der Waals surface area (Å²) in [7, 11) is 0. The normalized spacial score (nSPS) is 14.2. The smallest absolute Gasteiger partial charge is 0.276 e. The van der Waals surface area contributed by atoms with Crippen molar-refractivity contribution < 1.29 is 9.72 Å². The molecule has 4 aromatic rings. The van der Waals surface area contributed by atoms with Crippen molar-refractivity contribution in [1.82, 2.24) is 20.1 Å². The number of anilines is 2. The summed E-state index contributed by atoms with van der Waals surface area (Å²) in [5.74, 6) is -0.416. The number of benzene rings is 2. The highest BCUT2D eigenvalue weighted by Crippen LogP contribution is 2.28. The number of piperazine rings is 1. The first-order valence-corrected chi connectivity index (χ1v) is 11.5. The van der Waals surface area contributed by atoms with E-state index in [2.05, 4.69) is 42.4 Å². The van der Waals surface area contributed by atoms with Crippen molar-refractivity contribution in [1.29, 1.82) is 0 Å². The maximum Gasteiger partial charge on any atom is 0.276 e. The third-order valence-corrected chi connectivity index (χ3v) is 6.30. The number of carbonyl (C=O) groups is 1. The zero-order chi connectivity index (χ0) is 24.2. The molecule has 2 aromatic heterocycles. The lowest BCUT2D eigenvalue weighted by molar-refractivity contribution is -0.384. The van der Waals surface area contributed by atoms with Crippen LogP contribution >= 0.6 is 0 Å². The summed E-state index contributed by atoms with van der Waals surface area (Å²) in [5, 5.41) is 21.4. The molecule has 1 saturated heterocycles. The molecule has 0 atom stereocenters. The molecule has 178 valence electrons. The fourth-order valence-electron chi connectivity index (χ4n) is 4.37. The van der Waals surface area contributed by atoms with Crippen LogP contribution in [0.15, 0.2) is 67.0 Å². The number of nitro benzene ring substituents is 1. The molecule has 1 aliphatic heterocycles. The summed E-state index contributed by atoms with van der Waals surface area (Å²) in [6.07, 6.45) is 4.64. The highest BCUT2D eigenvalue weighted by atomic mass is 16.6. The molecule has 10 heteroatoms. The molecule has 0 spiro atoms. The minimum Gasteiger partial charge on any atom is -0.367 e. The summed E-state index contributed by atoms with van der Waals surface area (Å²) >= 11 is 0. The van der Waals surface area contributed by atoms with E-state index < -0.39 is 10.8 Å². The second-order valence-corrected chi connectivity index (χ2v) is 8.46. The van der Waals surface area contributed by atoms with Crippen LogP contribution in [0.5, 0.6) is 0 Å². The highest BCUT2D eigenvalue weighted by Gasteiger charge is 2.22. The maximum atomic E-state index is 13.1. The van der Waals surface area contributed by atoms with Gasteiger partial charge in [-0.15, -0.1) is 0 Å². The van der Waals surface area contributed by atoms with Crippen molar-refractivity contribution in [3.63, 3.8) is 0 Å². The van der Waals surface area contributed by atoms with Crippen LogP contribution in [-0.4, -0.2) is 63.6 Å². The minimum atomic E-state index is -0.486. The van der Waals surface area contributed by atoms with Crippen LogP contribution in [-0.2, 0) is 6.42 Å². The van der Waals surface area contributed by atoms with Crippen LogP contribution in [0.3, 0.4) is 0 Å². The number of para-hydroxylation sites is 2. The number of carbonyl (C=O) groups excluding carboxylic acids is 1. The number of pyridine rings is 1. The minimum absolute atomic E-state index is 0.0878. The topological polar surface area (TPSA) is 120 Å². The number of aromatic amines is 1. The molecule has 1 amide bonds. The number of hydrogen-bond acceptors (Lipinski definition) is 7. The van der Waals surface area contributed by atoms with E-state index in [9.17, 15) is 14.9 Å². The summed E-state index contributed by atoms with van der Waals surface area (Å²) in [6.45, 7) is 4.55. The quantitative estimate of drug-likeness (QED) is 0.313. The Morgan fingerprint density at radius 1 is 1.06 bits per heavy atom. The summed E-state index contributed by atoms with van der Waals surface area (Å²) < 4.78 is 0. The van der Waals surface area contributed by atoms with E-state index in [1.165, 1.54) is 17.7 Å². The lowest BCUT2D eigenvalue weighted by Gasteiger charge is -2.37. The van der Waals surface area contributed by atoms with E-state index in [0.29, 0.717) is 16.6 Å². The third-order valence-electron chi connectivity index (χ3n) is 6.30. The second-order valence-electron chi connectivity index (χ2n) is 8.46. The van der Waals surface area contributed by atoms with Crippen LogP contribution in [0, 0.1) is 10.1 Å². The first-order chi connectivity index (χ1) is 17.1. The molecule has 1 aliphatic rings. The fraction of sp³-hybridized carbons (Fsp3) is 0.240. The highest BCUT2D eigenvalue weighted by molar-refractivity contribution is 6.12. The van der Waals surface area contributed by atoms with Gasteiger partial charge in [0, 0.05) is 62.6 Å². The van der Waals surface area contributed by atoms with Gasteiger partial charge < -0.3 is 10.2 Å². The Kier molecular flexibility index (Phi) is 6.36. The number of nitrogens with one attached hydrogen (secondary N) is 2. The predicted octanol–water partition coefficient (Wildman–Crippen LogP) is 3.48. The number of rotatable bonds is 7. The number of hydrogen-bond donors (Lipinski definition) is 2. The molecule has 0 unspecified atom stereocenters. The summed E-state index contributed by atoms with van der Waals surface area (Å²) in [4.78, 5) is 32.5. The van der Waals surface area contributed by atoms with Crippen molar-refractivity contribution in [3.8, 4) is 0 Å². The molecule has 1 fully saturated rings. The van der Waals surface area contributed by atoms with E-state index in [1.807, 2.05) is 36.7 Å². The number of H-pyrrole nitrogens is 1. The van der Waals surface area contributed by atoms with Gasteiger partial charge in [-0.1, -0.05) is 12.1 Å². The van der Waals surface area contributed by atoms with Crippen LogP contribution in [0.2, 0.25) is 0 Å². The number of nitro groups is 1. The molecule has 2 aromatic carbocycles. The van der Waals surface area contributed by atoms with E-state index in [0.717, 1.165) is 44.8 Å². The van der Waals surface area contributed by atoms with E-state index in [1.54, 1.807) is 6.07 Å². The second kappa shape index (κ2) is 9.90. The van der Waals surface area contributed by atoms with Crippen LogP contribution in [0.4, 0.5) is 17.1 Å². The van der Waals surface area contributed by atoms with Gasteiger partial charge >= 0.3 is 0 Å². The van der Waals surface area contributed by atoms with Crippen LogP contribution in [0.25, 0.3) is 10.9 Å².